The lowest BCUT2D eigenvalue weighted by Gasteiger charge is -2.45. The highest BCUT2D eigenvalue weighted by Crippen LogP contribution is 2.52. The molecular weight excluding hydrogens is 856 g/mol. The lowest BCUT2D eigenvalue weighted by atomic mass is 9.69. The fraction of sp³-hybridized carbons (Fsp3) is 0.400. The fourth-order valence-electron chi connectivity index (χ4n) is 10.4. The summed E-state index contributed by atoms with van der Waals surface area (Å²) in [7, 11) is 1.80. The minimum absolute atomic E-state index is 0.0712. The van der Waals surface area contributed by atoms with Crippen molar-refractivity contribution < 1.29 is 23.6 Å². The summed E-state index contributed by atoms with van der Waals surface area (Å²) in [6.45, 7) is 5.30. The molecule has 0 radical (unpaired) electrons. The topological polar surface area (TPSA) is 211 Å². The molecule has 3 unspecified atom stereocenters. The van der Waals surface area contributed by atoms with Crippen LogP contribution >= 0.6 is 0 Å². The third-order valence-corrected chi connectivity index (χ3v) is 13.8. The van der Waals surface area contributed by atoms with Crippen molar-refractivity contribution in [1.29, 1.82) is 0 Å². The smallest absolute Gasteiger partial charge is 0.272 e. The second-order valence-corrected chi connectivity index (χ2v) is 18.7. The van der Waals surface area contributed by atoms with Crippen molar-refractivity contribution in [2.24, 2.45) is 18.4 Å². The molecule has 5 N–H and O–H groups in total. The van der Waals surface area contributed by atoms with E-state index < -0.39 is 17.3 Å². The molecule has 4 aromatic carbocycles. The van der Waals surface area contributed by atoms with Gasteiger partial charge in [-0.05, 0) is 103 Å². The van der Waals surface area contributed by atoms with Gasteiger partial charge >= 0.3 is 0 Å². The summed E-state index contributed by atoms with van der Waals surface area (Å²) < 4.78 is 22.4. The van der Waals surface area contributed by atoms with Crippen molar-refractivity contribution >= 4 is 45.3 Å². The standard InChI is InChI=1S/C50H55FN10O6/c1-50(2,46-36-11-9-10-35(36)37-26-33(61(65)66)19-22-39(37)57-46)27-52-48(63)30-13-17-32(18-14-30)55-41(62)12-7-5-4-6-8-23-67-34-20-15-29(16-21-34)44-43(47-53-28-54-60(47)3)45-42-38(49(64)59-58-45)24-31(51)25-40(42)56-44/h13-22,24-26,28,35-36,43-44,46,56-57H,4-12,23,27H2,1-3H3,(H,52,63)(H,55,62)(H,59,64)/t35?,36?,43-,44-,46?/m1/s1. The van der Waals surface area contributed by atoms with Crippen LogP contribution in [0.4, 0.5) is 27.1 Å². The van der Waals surface area contributed by atoms with E-state index in [2.05, 4.69) is 55.4 Å². The number of unbranched alkanes of at least 4 members (excludes halogenated alkanes) is 4. The molecule has 6 aromatic rings. The van der Waals surface area contributed by atoms with Crippen molar-refractivity contribution in [2.75, 3.05) is 29.1 Å². The molecule has 4 heterocycles. The number of carbonyl (C=O) groups is 2. The SMILES string of the molecule is Cn1ncnc1[C@H]1c2n[nH]c(=O)c3cc(F)cc(c23)N[C@@H]1c1ccc(OCCCCCCCC(=O)Nc2ccc(C(=O)NCC(C)(C)C3Nc4ccc([N+](=O)[O-])cc4C4CCCC43)cc2)cc1. The summed E-state index contributed by atoms with van der Waals surface area (Å²) >= 11 is 0. The summed E-state index contributed by atoms with van der Waals surface area (Å²) in [5.41, 5.74) is 4.44. The number of aromatic amines is 1. The molecule has 9 rings (SSSR count). The van der Waals surface area contributed by atoms with Gasteiger partial charge in [-0.25, -0.2) is 14.5 Å². The van der Waals surface area contributed by atoms with E-state index in [1.54, 1.807) is 48.1 Å². The van der Waals surface area contributed by atoms with Gasteiger partial charge in [0, 0.05) is 71.6 Å². The Balaban J connectivity index is 0.686. The van der Waals surface area contributed by atoms with E-state index in [0.29, 0.717) is 59.3 Å². The van der Waals surface area contributed by atoms with Gasteiger partial charge in [0.15, 0.2) is 0 Å². The molecule has 0 saturated heterocycles. The predicted octanol–water partition coefficient (Wildman–Crippen LogP) is 8.89. The number of fused-ring (bicyclic) bond motifs is 3. The molecule has 348 valence electrons. The van der Waals surface area contributed by atoms with Crippen LogP contribution in [0.3, 0.4) is 0 Å². The molecule has 0 spiro atoms. The van der Waals surface area contributed by atoms with Crippen LogP contribution < -0.4 is 31.6 Å². The minimum atomic E-state index is -0.522. The van der Waals surface area contributed by atoms with Gasteiger partial charge in [-0.2, -0.15) is 10.2 Å². The van der Waals surface area contributed by atoms with Gasteiger partial charge in [0.1, 0.15) is 23.7 Å². The Kier molecular flexibility index (Phi) is 12.7. The minimum Gasteiger partial charge on any atom is -0.494 e. The third kappa shape index (κ3) is 9.45. The molecule has 2 aliphatic heterocycles. The van der Waals surface area contributed by atoms with Crippen molar-refractivity contribution in [3.05, 3.63) is 140 Å². The maximum Gasteiger partial charge on any atom is 0.272 e. The highest BCUT2D eigenvalue weighted by Gasteiger charge is 2.46. The van der Waals surface area contributed by atoms with Gasteiger partial charge < -0.3 is 26.0 Å². The van der Waals surface area contributed by atoms with Crippen LogP contribution in [0.2, 0.25) is 0 Å². The summed E-state index contributed by atoms with van der Waals surface area (Å²) in [6, 6.07) is 22.1. The molecule has 2 amide bonds. The number of aryl methyl sites for hydroxylation is 1. The molecular formula is C50H55FN10O6. The number of hydrogen-bond donors (Lipinski definition) is 5. The van der Waals surface area contributed by atoms with E-state index in [4.69, 9.17) is 4.74 Å². The monoisotopic (exact) mass is 910 g/mol. The molecule has 17 heteroatoms. The molecule has 67 heavy (non-hydrogen) atoms. The molecule has 1 fully saturated rings. The van der Waals surface area contributed by atoms with Crippen molar-refractivity contribution in [2.45, 2.75) is 95.6 Å². The Morgan fingerprint density at radius 2 is 1.73 bits per heavy atom. The molecule has 2 aromatic heterocycles. The second kappa shape index (κ2) is 19.0. The zero-order chi connectivity index (χ0) is 46.8. The van der Waals surface area contributed by atoms with E-state index in [1.165, 1.54) is 18.5 Å². The number of ether oxygens (including phenoxy) is 1. The summed E-state index contributed by atoms with van der Waals surface area (Å²) in [5.74, 6) is 0.733. The Bertz CT molecular complexity index is 2860. The first-order valence-electron chi connectivity index (χ1n) is 23.1. The molecule has 1 saturated carbocycles. The van der Waals surface area contributed by atoms with Crippen LogP contribution in [-0.2, 0) is 11.8 Å². The van der Waals surface area contributed by atoms with Gasteiger partial charge in [-0.15, -0.1) is 0 Å². The number of nitro benzene ring substituents is 1. The van der Waals surface area contributed by atoms with Crippen LogP contribution in [-0.4, -0.2) is 60.9 Å². The number of nitro groups is 1. The van der Waals surface area contributed by atoms with E-state index in [-0.39, 0.29) is 51.2 Å². The zero-order valence-electron chi connectivity index (χ0n) is 37.8. The van der Waals surface area contributed by atoms with Crippen molar-refractivity contribution in [3.63, 3.8) is 0 Å². The summed E-state index contributed by atoms with van der Waals surface area (Å²) in [5, 5.41) is 36.7. The lowest BCUT2D eigenvalue weighted by Crippen LogP contribution is -2.51. The van der Waals surface area contributed by atoms with Crippen LogP contribution in [0, 0.1) is 27.3 Å². The first-order valence-corrected chi connectivity index (χ1v) is 23.1. The average molecular weight is 911 g/mol. The van der Waals surface area contributed by atoms with E-state index >= 15 is 0 Å². The predicted molar refractivity (Wildman–Crippen MR) is 253 cm³/mol. The normalized spacial score (nSPS) is 19.4. The molecule has 3 aliphatic rings. The summed E-state index contributed by atoms with van der Waals surface area (Å²) in [4.78, 5) is 54.2. The molecule has 0 bridgehead atoms. The number of benzene rings is 4. The van der Waals surface area contributed by atoms with Crippen LogP contribution in [0.5, 0.6) is 5.75 Å². The number of carbonyl (C=O) groups excluding carboxylic acids is 2. The van der Waals surface area contributed by atoms with E-state index in [0.717, 1.165) is 73.9 Å². The highest BCUT2D eigenvalue weighted by molar-refractivity contribution is 5.97. The molecule has 16 nitrogen and oxygen atoms in total. The lowest BCUT2D eigenvalue weighted by molar-refractivity contribution is -0.384. The number of rotatable bonds is 17. The first kappa shape index (κ1) is 45.0. The van der Waals surface area contributed by atoms with Gasteiger partial charge in [-0.3, -0.25) is 29.2 Å². The van der Waals surface area contributed by atoms with Gasteiger partial charge in [0.2, 0.25) is 5.91 Å². The molecule has 1 aliphatic carbocycles. The maximum atomic E-state index is 14.6. The zero-order valence-corrected chi connectivity index (χ0v) is 37.8. The van der Waals surface area contributed by atoms with Gasteiger partial charge in [0.25, 0.3) is 17.2 Å². The number of halogens is 1. The largest absolute Gasteiger partial charge is 0.494 e. The first-order chi connectivity index (χ1) is 32.3. The third-order valence-electron chi connectivity index (χ3n) is 13.8. The van der Waals surface area contributed by atoms with Crippen molar-refractivity contribution in [1.82, 2.24) is 30.3 Å². The number of aromatic nitrogens is 5. The number of amides is 2. The Labute approximate surface area is 386 Å². The second-order valence-electron chi connectivity index (χ2n) is 18.7. The Hall–Kier alpha value is -7.17. The quantitative estimate of drug-likeness (QED) is 0.0331. The number of H-pyrrole nitrogens is 1. The van der Waals surface area contributed by atoms with Crippen molar-refractivity contribution in [3.8, 4) is 5.75 Å². The number of hydrogen-bond acceptors (Lipinski definition) is 11. The number of nitrogens with zero attached hydrogens (tertiary/aromatic N) is 5. The van der Waals surface area contributed by atoms with Crippen LogP contribution in [0.15, 0.2) is 90.0 Å². The fourth-order valence-corrected chi connectivity index (χ4v) is 10.4. The highest BCUT2D eigenvalue weighted by atomic mass is 19.1. The maximum absolute atomic E-state index is 14.6. The number of anilines is 3. The molecule has 5 atom stereocenters. The van der Waals surface area contributed by atoms with Gasteiger partial charge in [-0.1, -0.05) is 51.7 Å². The van der Waals surface area contributed by atoms with E-state index in [1.807, 2.05) is 30.3 Å². The Morgan fingerprint density at radius 1 is 0.955 bits per heavy atom. The number of non-ortho nitro benzene ring substituents is 1. The Morgan fingerprint density at radius 3 is 2.49 bits per heavy atom. The number of nitrogens with one attached hydrogen (secondary N) is 5. The van der Waals surface area contributed by atoms with Gasteiger partial charge in [0.05, 0.1) is 34.6 Å². The van der Waals surface area contributed by atoms with Crippen LogP contribution in [0.1, 0.15) is 123 Å². The van der Waals surface area contributed by atoms with Crippen LogP contribution in [0.25, 0.3) is 10.8 Å². The van der Waals surface area contributed by atoms with E-state index in [9.17, 15) is 28.9 Å². The summed E-state index contributed by atoms with van der Waals surface area (Å²) in [6.07, 6.45) is 9.43. The average Bonchev–Trinajstić information content (AvgIpc) is 3.99.